The van der Waals surface area contributed by atoms with E-state index >= 15 is 0 Å². The summed E-state index contributed by atoms with van der Waals surface area (Å²) in [5.74, 6) is 0. The molecular weight excluding hydrogens is 160 g/mol. The Balaban J connectivity index is 2.99. The standard InChI is InChI=1S/C11H14N2/c1-4-10-5-6-13(3)8-11(10)9(2)7-12/h4H,1-2,5-6,8H2,3H3. The molecule has 0 radical (unpaired) electrons. The fraction of sp³-hybridized carbons (Fsp3) is 0.364. The molecule has 0 atom stereocenters. The Kier molecular flexibility index (Phi) is 3.05. The molecule has 0 saturated carbocycles. The maximum absolute atomic E-state index is 8.75. The molecule has 2 heteroatoms. The smallest absolute Gasteiger partial charge is 0.0988 e. The summed E-state index contributed by atoms with van der Waals surface area (Å²) in [4.78, 5) is 2.19. The van der Waals surface area contributed by atoms with E-state index in [4.69, 9.17) is 5.26 Å². The van der Waals surface area contributed by atoms with E-state index in [1.165, 1.54) is 5.57 Å². The Labute approximate surface area is 79.5 Å². The second-order valence-corrected chi connectivity index (χ2v) is 3.29. The van der Waals surface area contributed by atoms with Crippen molar-refractivity contribution >= 4 is 0 Å². The molecule has 0 N–H and O–H groups in total. The van der Waals surface area contributed by atoms with Crippen LogP contribution in [0, 0.1) is 11.3 Å². The van der Waals surface area contributed by atoms with E-state index < -0.39 is 0 Å². The first-order valence-electron chi connectivity index (χ1n) is 4.31. The first kappa shape index (κ1) is 9.76. The summed E-state index contributed by atoms with van der Waals surface area (Å²) in [5, 5.41) is 8.75. The van der Waals surface area contributed by atoms with Crippen molar-refractivity contribution in [3.8, 4) is 6.07 Å². The second-order valence-electron chi connectivity index (χ2n) is 3.29. The molecule has 13 heavy (non-hydrogen) atoms. The van der Waals surface area contributed by atoms with Gasteiger partial charge in [0.05, 0.1) is 6.07 Å². The number of nitrogens with zero attached hydrogens (tertiary/aromatic N) is 2. The van der Waals surface area contributed by atoms with Crippen molar-refractivity contribution in [1.82, 2.24) is 4.90 Å². The van der Waals surface area contributed by atoms with Crippen molar-refractivity contribution in [2.45, 2.75) is 6.42 Å². The molecule has 1 aliphatic heterocycles. The summed E-state index contributed by atoms with van der Waals surface area (Å²) < 4.78 is 0. The van der Waals surface area contributed by atoms with Gasteiger partial charge in [-0.2, -0.15) is 5.26 Å². The Bertz CT molecular complexity index is 305. The normalized spacial score (nSPS) is 18.2. The van der Waals surface area contributed by atoms with Crippen LogP contribution in [0.2, 0.25) is 0 Å². The van der Waals surface area contributed by atoms with E-state index in [1.807, 2.05) is 13.1 Å². The number of hydrogen-bond acceptors (Lipinski definition) is 2. The lowest BCUT2D eigenvalue weighted by atomic mass is 9.95. The molecule has 0 aromatic heterocycles. The van der Waals surface area contributed by atoms with Crippen LogP contribution in [0.1, 0.15) is 6.42 Å². The van der Waals surface area contributed by atoms with E-state index in [2.05, 4.69) is 24.1 Å². The van der Waals surface area contributed by atoms with Crippen LogP contribution in [-0.4, -0.2) is 25.0 Å². The average molecular weight is 174 g/mol. The van der Waals surface area contributed by atoms with E-state index in [-0.39, 0.29) is 0 Å². The molecule has 0 aliphatic carbocycles. The Hall–Kier alpha value is -1.33. The summed E-state index contributed by atoms with van der Waals surface area (Å²) in [5.41, 5.74) is 2.79. The van der Waals surface area contributed by atoms with Gasteiger partial charge in [-0.25, -0.2) is 0 Å². The summed E-state index contributed by atoms with van der Waals surface area (Å²) in [6.07, 6.45) is 2.81. The van der Waals surface area contributed by atoms with Gasteiger partial charge < -0.3 is 4.90 Å². The van der Waals surface area contributed by atoms with Gasteiger partial charge in [-0.1, -0.05) is 19.2 Å². The highest BCUT2D eigenvalue weighted by atomic mass is 15.1. The average Bonchev–Trinajstić information content (AvgIpc) is 2.16. The maximum atomic E-state index is 8.75. The monoisotopic (exact) mass is 174 g/mol. The molecule has 0 fully saturated rings. The van der Waals surface area contributed by atoms with Crippen molar-refractivity contribution in [1.29, 1.82) is 5.26 Å². The number of allylic oxidation sites excluding steroid dienone is 1. The third kappa shape index (κ3) is 2.07. The lowest BCUT2D eigenvalue weighted by Crippen LogP contribution is -2.28. The fourth-order valence-corrected chi connectivity index (χ4v) is 1.49. The van der Waals surface area contributed by atoms with Crippen LogP contribution in [0.5, 0.6) is 0 Å². The molecule has 1 rings (SSSR count). The van der Waals surface area contributed by atoms with Gasteiger partial charge in [0.1, 0.15) is 0 Å². The number of nitriles is 1. The van der Waals surface area contributed by atoms with Crippen LogP contribution in [0.3, 0.4) is 0 Å². The number of rotatable bonds is 2. The van der Waals surface area contributed by atoms with Crippen molar-refractivity contribution in [3.05, 3.63) is 36.0 Å². The Morgan fingerprint density at radius 2 is 2.38 bits per heavy atom. The first-order valence-corrected chi connectivity index (χ1v) is 4.31. The molecule has 0 unspecified atom stereocenters. The van der Waals surface area contributed by atoms with Gasteiger partial charge in [0, 0.05) is 18.7 Å². The van der Waals surface area contributed by atoms with E-state index in [0.717, 1.165) is 25.1 Å². The Morgan fingerprint density at radius 3 is 2.92 bits per heavy atom. The lowest BCUT2D eigenvalue weighted by molar-refractivity contribution is 0.353. The zero-order valence-corrected chi connectivity index (χ0v) is 8.01. The van der Waals surface area contributed by atoms with Crippen LogP contribution >= 0.6 is 0 Å². The minimum absolute atomic E-state index is 0.571. The van der Waals surface area contributed by atoms with Gasteiger partial charge in [0.25, 0.3) is 0 Å². The van der Waals surface area contributed by atoms with E-state index in [9.17, 15) is 0 Å². The van der Waals surface area contributed by atoms with Gasteiger partial charge in [0.15, 0.2) is 0 Å². The molecule has 0 bridgehead atoms. The Morgan fingerprint density at radius 1 is 1.69 bits per heavy atom. The third-order valence-corrected chi connectivity index (χ3v) is 2.32. The molecule has 0 saturated heterocycles. The molecule has 0 aromatic rings. The fourth-order valence-electron chi connectivity index (χ4n) is 1.49. The summed E-state index contributed by atoms with van der Waals surface area (Å²) in [6.45, 7) is 9.33. The molecule has 1 aliphatic rings. The predicted molar refractivity (Wildman–Crippen MR) is 54.1 cm³/mol. The summed E-state index contributed by atoms with van der Waals surface area (Å²) >= 11 is 0. The molecular formula is C11H14N2. The molecule has 1 heterocycles. The van der Waals surface area contributed by atoms with Crippen LogP contribution in [0.15, 0.2) is 36.0 Å². The highest BCUT2D eigenvalue weighted by Gasteiger charge is 2.15. The van der Waals surface area contributed by atoms with E-state index in [1.54, 1.807) is 0 Å². The minimum Gasteiger partial charge on any atom is -0.302 e. The second kappa shape index (κ2) is 4.06. The lowest BCUT2D eigenvalue weighted by Gasteiger charge is -2.25. The van der Waals surface area contributed by atoms with E-state index in [0.29, 0.717) is 5.57 Å². The molecule has 68 valence electrons. The van der Waals surface area contributed by atoms with Crippen molar-refractivity contribution in [3.63, 3.8) is 0 Å². The first-order chi connectivity index (χ1) is 6.19. The topological polar surface area (TPSA) is 27.0 Å². The van der Waals surface area contributed by atoms with Crippen molar-refractivity contribution in [2.24, 2.45) is 0 Å². The largest absolute Gasteiger partial charge is 0.302 e. The highest BCUT2D eigenvalue weighted by Crippen LogP contribution is 2.22. The van der Waals surface area contributed by atoms with Crippen molar-refractivity contribution < 1.29 is 0 Å². The third-order valence-electron chi connectivity index (χ3n) is 2.32. The zero-order chi connectivity index (χ0) is 9.84. The number of likely N-dealkylation sites (N-methyl/N-ethyl adjacent to an activating group) is 1. The van der Waals surface area contributed by atoms with Gasteiger partial charge in [-0.3, -0.25) is 0 Å². The van der Waals surface area contributed by atoms with Gasteiger partial charge in [-0.05, 0) is 24.6 Å². The highest BCUT2D eigenvalue weighted by molar-refractivity contribution is 5.47. The minimum atomic E-state index is 0.571. The molecule has 2 nitrogen and oxygen atoms in total. The SMILES string of the molecule is C=CC1=C(C(=C)C#N)CN(C)CC1. The molecule has 0 aromatic carbocycles. The van der Waals surface area contributed by atoms with Crippen LogP contribution in [-0.2, 0) is 0 Å². The summed E-state index contributed by atoms with van der Waals surface area (Å²) in [6, 6.07) is 2.09. The van der Waals surface area contributed by atoms with Crippen LogP contribution in [0.4, 0.5) is 0 Å². The summed E-state index contributed by atoms with van der Waals surface area (Å²) in [7, 11) is 2.05. The maximum Gasteiger partial charge on any atom is 0.0988 e. The number of hydrogen-bond donors (Lipinski definition) is 0. The van der Waals surface area contributed by atoms with Crippen LogP contribution in [0.25, 0.3) is 0 Å². The van der Waals surface area contributed by atoms with Gasteiger partial charge in [-0.15, -0.1) is 0 Å². The quantitative estimate of drug-likeness (QED) is 0.598. The van der Waals surface area contributed by atoms with Gasteiger partial charge in [0.2, 0.25) is 0 Å². The predicted octanol–water partition coefficient (Wildman–Crippen LogP) is 1.88. The molecule has 0 amide bonds. The zero-order valence-electron chi connectivity index (χ0n) is 8.01. The van der Waals surface area contributed by atoms with Gasteiger partial charge >= 0.3 is 0 Å². The van der Waals surface area contributed by atoms with Crippen LogP contribution < -0.4 is 0 Å². The van der Waals surface area contributed by atoms with Crippen molar-refractivity contribution in [2.75, 3.05) is 20.1 Å². The molecule has 0 spiro atoms.